The summed E-state index contributed by atoms with van der Waals surface area (Å²) in [6.07, 6.45) is 1.13. The normalized spacial score (nSPS) is 11.3. The Morgan fingerprint density at radius 3 is 2.10 bits per heavy atom. The minimum absolute atomic E-state index is 0.263. The Balaban J connectivity index is 1.80. The molecule has 0 aliphatic rings. The molecule has 0 bridgehead atoms. The molecule has 0 atom stereocenters. The Bertz CT molecular complexity index is 648. The zero-order valence-electron chi connectivity index (χ0n) is 11.6. The maximum Gasteiger partial charge on any atom is 0.265 e. The van der Waals surface area contributed by atoms with Crippen LogP contribution in [-0.4, -0.2) is 25.3 Å². The predicted octanol–water partition coefficient (Wildman–Crippen LogP) is 2.74. The predicted molar refractivity (Wildman–Crippen MR) is 82.2 cm³/mol. The molecule has 0 fully saturated rings. The Morgan fingerprint density at radius 2 is 1.48 bits per heavy atom. The van der Waals surface area contributed by atoms with Gasteiger partial charge in [-0.3, -0.25) is 4.55 Å². The highest BCUT2D eigenvalue weighted by molar-refractivity contribution is 7.85. The van der Waals surface area contributed by atoms with Crippen LogP contribution in [-0.2, 0) is 23.0 Å². The van der Waals surface area contributed by atoms with Gasteiger partial charge in [-0.1, -0.05) is 42.5 Å². The van der Waals surface area contributed by atoms with Gasteiger partial charge in [-0.05, 0) is 29.7 Å². The van der Waals surface area contributed by atoms with Gasteiger partial charge < -0.3 is 4.74 Å². The third-order valence-corrected chi connectivity index (χ3v) is 3.79. The average Bonchev–Trinajstić information content (AvgIpc) is 2.47. The highest BCUT2D eigenvalue weighted by atomic mass is 32.2. The van der Waals surface area contributed by atoms with Crippen LogP contribution in [0.5, 0.6) is 5.75 Å². The first-order chi connectivity index (χ1) is 10.0. The number of ether oxygens (including phenoxy) is 1. The molecule has 5 heteroatoms. The molecule has 0 saturated heterocycles. The first-order valence-corrected chi connectivity index (χ1v) is 8.35. The largest absolute Gasteiger partial charge is 0.493 e. The van der Waals surface area contributed by atoms with Crippen LogP contribution in [0.3, 0.4) is 0 Å². The summed E-state index contributed by atoms with van der Waals surface area (Å²) in [6.45, 7) is 0.592. The maximum absolute atomic E-state index is 10.7. The van der Waals surface area contributed by atoms with Crippen molar-refractivity contribution in [2.75, 3.05) is 12.4 Å². The lowest BCUT2D eigenvalue weighted by atomic mass is 10.1. The second-order valence-electron chi connectivity index (χ2n) is 4.76. The number of hydrogen-bond acceptors (Lipinski definition) is 3. The molecule has 1 N–H and O–H groups in total. The van der Waals surface area contributed by atoms with Crippen molar-refractivity contribution in [1.82, 2.24) is 0 Å². The fourth-order valence-corrected chi connectivity index (χ4v) is 2.42. The van der Waals surface area contributed by atoms with Gasteiger partial charge in [0.25, 0.3) is 10.1 Å². The summed E-state index contributed by atoms with van der Waals surface area (Å²) < 4.78 is 35.7. The fraction of sp³-hybridized carbons (Fsp3) is 0.250. The molecule has 0 spiro atoms. The third kappa shape index (κ3) is 5.97. The van der Waals surface area contributed by atoms with Crippen molar-refractivity contribution in [2.24, 2.45) is 0 Å². The molecule has 112 valence electrons. The lowest BCUT2D eigenvalue weighted by Crippen LogP contribution is -2.06. The van der Waals surface area contributed by atoms with E-state index in [0.717, 1.165) is 17.7 Å². The highest BCUT2D eigenvalue weighted by Gasteiger charge is 2.05. The molecule has 0 radical (unpaired) electrons. The Kier molecular flexibility index (Phi) is 5.36. The lowest BCUT2D eigenvalue weighted by molar-refractivity contribution is 0.322. The Morgan fingerprint density at radius 1 is 0.857 bits per heavy atom. The van der Waals surface area contributed by atoms with Crippen LogP contribution in [0.4, 0.5) is 0 Å². The molecule has 0 amide bonds. The standard InChI is InChI=1S/C16H18O4S/c17-21(18,19)13-11-15-6-8-16(9-7-15)20-12-10-14-4-2-1-3-5-14/h1-9H,10-13H2,(H,17,18,19). The second kappa shape index (κ2) is 7.24. The van der Waals surface area contributed by atoms with Gasteiger partial charge in [-0.15, -0.1) is 0 Å². The molecule has 2 aromatic rings. The molecule has 0 unspecified atom stereocenters. The van der Waals surface area contributed by atoms with Crippen molar-refractivity contribution in [1.29, 1.82) is 0 Å². The minimum Gasteiger partial charge on any atom is -0.493 e. The molecule has 2 rings (SSSR count). The van der Waals surface area contributed by atoms with E-state index in [1.807, 2.05) is 42.5 Å². The lowest BCUT2D eigenvalue weighted by Gasteiger charge is -2.07. The van der Waals surface area contributed by atoms with E-state index in [2.05, 4.69) is 12.1 Å². The van der Waals surface area contributed by atoms with Gasteiger partial charge in [0.15, 0.2) is 0 Å². The van der Waals surface area contributed by atoms with E-state index in [9.17, 15) is 8.42 Å². The van der Waals surface area contributed by atoms with Crippen LogP contribution < -0.4 is 4.74 Å². The minimum atomic E-state index is -3.91. The van der Waals surface area contributed by atoms with Crippen molar-refractivity contribution in [2.45, 2.75) is 12.8 Å². The Labute approximate surface area is 125 Å². The number of rotatable bonds is 7. The maximum atomic E-state index is 10.7. The van der Waals surface area contributed by atoms with Crippen molar-refractivity contribution in [3.8, 4) is 5.75 Å². The van der Waals surface area contributed by atoms with E-state index >= 15 is 0 Å². The van der Waals surface area contributed by atoms with Crippen LogP contribution >= 0.6 is 0 Å². The summed E-state index contributed by atoms with van der Waals surface area (Å²) in [4.78, 5) is 0. The number of aryl methyl sites for hydroxylation is 1. The molecule has 4 nitrogen and oxygen atoms in total. The summed E-state index contributed by atoms with van der Waals surface area (Å²) in [5.74, 6) is 0.489. The summed E-state index contributed by atoms with van der Waals surface area (Å²) in [6, 6.07) is 17.3. The number of hydrogen-bond donors (Lipinski definition) is 1. The second-order valence-corrected chi connectivity index (χ2v) is 6.34. The molecule has 0 aromatic heterocycles. The van der Waals surface area contributed by atoms with Gasteiger partial charge >= 0.3 is 0 Å². The quantitative estimate of drug-likeness (QED) is 0.799. The van der Waals surface area contributed by atoms with E-state index in [-0.39, 0.29) is 5.75 Å². The van der Waals surface area contributed by atoms with Crippen LogP contribution in [0.25, 0.3) is 0 Å². The summed E-state index contributed by atoms with van der Waals surface area (Å²) in [5.41, 5.74) is 2.07. The van der Waals surface area contributed by atoms with Gasteiger partial charge in [0.1, 0.15) is 5.75 Å². The van der Waals surface area contributed by atoms with E-state index in [4.69, 9.17) is 9.29 Å². The molecule has 2 aromatic carbocycles. The summed E-state index contributed by atoms with van der Waals surface area (Å²) in [5, 5.41) is 0. The average molecular weight is 306 g/mol. The van der Waals surface area contributed by atoms with Gasteiger partial charge in [0.05, 0.1) is 12.4 Å². The third-order valence-electron chi connectivity index (χ3n) is 3.07. The van der Waals surface area contributed by atoms with Crippen molar-refractivity contribution in [3.05, 3.63) is 65.7 Å². The molecular weight excluding hydrogens is 288 g/mol. The van der Waals surface area contributed by atoms with E-state index in [1.165, 1.54) is 5.56 Å². The van der Waals surface area contributed by atoms with Crippen molar-refractivity contribution in [3.63, 3.8) is 0 Å². The van der Waals surface area contributed by atoms with Gasteiger partial charge in [-0.2, -0.15) is 8.42 Å². The Hall–Kier alpha value is -1.85. The molecule has 0 aliphatic heterocycles. The monoisotopic (exact) mass is 306 g/mol. The first-order valence-electron chi connectivity index (χ1n) is 6.74. The topological polar surface area (TPSA) is 63.6 Å². The first kappa shape index (κ1) is 15.5. The van der Waals surface area contributed by atoms with E-state index in [1.54, 1.807) is 0 Å². The highest BCUT2D eigenvalue weighted by Crippen LogP contribution is 2.13. The molecule has 21 heavy (non-hydrogen) atoms. The molecule has 0 heterocycles. The number of benzene rings is 2. The molecule has 0 aliphatic carbocycles. The SMILES string of the molecule is O=S(=O)(O)CCc1ccc(OCCc2ccccc2)cc1. The van der Waals surface area contributed by atoms with Crippen LogP contribution in [0.15, 0.2) is 54.6 Å². The van der Waals surface area contributed by atoms with Crippen LogP contribution in [0, 0.1) is 0 Å². The van der Waals surface area contributed by atoms with E-state index in [0.29, 0.717) is 13.0 Å². The fourth-order valence-electron chi connectivity index (χ4n) is 1.93. The van der Waals surface area contributed by atoms with Gasteiger partial charge in [-0.25, -0.2) is 0 Å². The smallest absolute Gasteiger partial charge is 0.265 e. The van der Waals surface area contributed by atoms with Crippen LogP contribution in [0.2, 0.25) is 0 Å². The summed E-state index contributed by atoms with van der Waals surface area (Å²) in [7, 11) is -3.91. The molecule has 0 saturated carbocycles. The van der Waals surface area contributed by atoms with Gasteiger partial charge in [0.2, 0.25) is 0 Å². The van der Waals surface area contributed by atoms with Crippen molar-refractivity contribution >= 4 is 10.1 Å². The van der Waals surface area contributed by atoms with Crippen LogP contribution in [0.1, 0.15) is 11.1 Å². The molecular formula is C16H18O4S. The summed E-state index contributed by atoms with van der Waals surface area (Å²) >= 11 is 0. The van der Waals surface area contributed by atoms with Gasteiger partial charge in [0, 0.05) is 6.42 Å². The van der Waals surface area contributed by atoms with Crippen molar-refractivity contribution < 1.29 is 17.7 Å². The zero-order valence-corrected chi connectivity index (χ0v) is 12.4. The van der Waals surface area contributed by atoms with E-state index < -0.39 is 10.1 Å². The zero-order chi connectivity index (χ0) is 15.1.